The van der Waals surface area contributed by atoms with Crippen molar-refractivity contribution < 1.29 is 38.5 Å². The van der Waals surface area contributed by atoms with Gasteiger partial charge in [0.15, 0.2) is 0 Å². The Balaban J connectivity index is 2.00. The highest BCUT2D eigenvalue weighted by molar-refractivity contribution is 5.95. The van der Waals surface area contributed by atoms with Crippen molar-refractivity contribution in [1.82, 2.24) is 10.6 Å². The molecule has 0 saturated carbocycles. The van der Waals surface area contributed by atoms with Gasteiger partial charge >= 0.3 is 18.2 Å². The van der Waals surface area contributed by atoms with Crippen molar-refractivity contribution in [3.8, 4) is 5.75 Å². The topological polar surface area (TPSA) is 152 Å². The minimum Gasteiger partial charge on any atom is -0.506 e. The quantitative estimate of drug-likeness (QED) is 0.170. The van der Waals surface area contributed by atoms with Gasteiger partial charge in [0, 0.05) is 12.5 Å². The summed E-state index contributed by atoms with van der Waals surface area (Å²) < 4.78 is 15.8. The maximum absolute atomic E-state index is 12.5. The van der Waals surface area contributed by atoms with Crippen LogP contribution in [0.25, 0.3) is 0 Å². The molecule has 0 bridgehead atoms. The normalized spacial score (nSPS) is 12.0. The molecular formula is C30H41N3O8. The van der Waals surface area contributed by atoms with Gasteiger partial charge < -0.3 is 35.3 Å². The van der Waals surface area contributed by atoms with Gasteiger partial charge in [0.25, 0.3) is 0 Å². The first-order valence-corrected chi connectivity index (χ1v) is 13.4. The van der Waals surface area contributed by atoms with E-state index in [-0.39, 0.29) is 43.9 Å². The van der Waals surface area contributed by atoms with E-state index in [0.717, 1.165) is 5.56 Å². The molecule has 0 unspecified atom stereocenters. The smallest absolute Gasteiger partial charge is 0.407 e. The molecule has 3 amide bonds. The third kappa shape index (κ3) is 14.1. The fourth-order valence-corrected chi connectivity index (χ4v) is 3.60. The Morgan fingerprint density at radius 3 is 2.15 bits per heavy atom. The summed E-state index contributed by atoms with van der Waals surface area (Å²) in [4.78, 5) is 49.1. The molecule has 0 saturated heterocycles. The lowest BCUT2D eigenvalue weighted by atomic mass is 10.0. The Morgan fingerprint density at radius 2 is 1.51 bits per heavy atom. The van der Waals surface area contributed by atoms with Crippen LogP contribution in [0.4, 0.5) is 15.3 Å². The second-order valence-electron chi connectivity index (χ2n) is 11.5. The number of phenolic OH excluding ortho intramolecular Hbond substituents is 1. The van der Waals surface area contributed by atoms with Crippen LogP contribution in [0.5, 0.6) is 5.75 Å². The Kier molecular flexibility index (Phi) is 12.0. The number of anilines is 1. The lowest BCUT2D eigenvalue weighted by molar-refractivity contribution is -0.155. The van der Waals surface area contributed by atoms with E-state index < -0.39 is 41.3 Å². The molecule has 2 rings (SSSR count). The summed E-state index contributed by atoms with van der Waals surface area (Å²) in [6.45, 7) is 10.2. The minimum absolute atomic E-state index is 0.0591. The van der Waals surface area contributed by atoms with Gasteiger partial charge in [0.05, 0.1) is 5.69 Å². The summed E-state index contributed by atoms with van der Waals surface area (Å²) in [5, 5.41) is 18.0. The molecule has 0 heterocycles. The zero-order valence-electron chi connectivity index (χ0n) is 24.5. The molecule has 0 aromatic heterocycles. The summed E-state index contributed by atoms with van der Waals surface area (Å²) in [7, 11) is 0. The number of esters is 1. The number of alkyl carbamates (subject to hydrolysis) is 2. The van der Waals surface area contributed by atoms with Crippen LogP contribution < -0.4 is 16.0 Å². The zero-order chi connectivity index (χ0) is 30.6. The van der Waals surface area contributed by atoms with Crippen molar-refractivity contribution in [2.45, 2.75) is 84.7 Å². The summed E-state index contributed by atoms with van der Waals surface area (Å²) in [6.07, 6.45) is -0.792. The summed E-state index contributed by atoms with van der Waals surface area (Å²) in [6, 6.07) is 13.2. The van der Waals surface area contributed by atoms with Crippen LogP contribution >= 0.6 is 0 Å². The van der Waals surface area contributed by atoms with E-state index >= 15 is 0 Å². The van der Waals surface area contributed by atoms with Crippen molar-refractivity contribution in [2.24, 2.45) is 0 Å². The molecule has 0 aliphatic rings. The molecule has 0 radical (unpaired) electrons. The third-order valence-electron chi connectivity index (χ3n) is 5.26. The lowest BCUT2D eigenvalue weighted by Crippen LogP contribution is -2.40. The van der Waals surface area contributed by atoms with Gasteiger partial charge in [0.1, 0.15) is 30.1 Å². The van der Waals surface area contributed by atoms with Crippen molar-refractivity contribution in [1.29, 1.82) is 0 Å². The molecule has 11 nitrogen and oxygen atoms in total. The largest absolute Gasteiger partial charge is 0.506 e. The first-order chi connectivity index (χ1) is 19.1. The molecule has 0 fully saturated rings. The second kappa shape index (κ2) is 14.9. The number of carbonyl (C=O) groups is 4. The highest BCUT2D eigenvalue weighted by Gasteiger charge is 2.23. The standard InChI is InChI=1S/C30H41N3O8/c1-29(2,3)40-26(36)15-13-22(32-28(38)41-30(4,5)6)16-21-12-14-24(34)23(17-21)33-25(35)18-31-27(37)39-19-20-10-8-7-9-11-20/h7-12,14,17,22,34H,13,15-16,18-19H2,1-6H3,(H,31,37)(H,32,38)(H,33,35)/t22-/m1/s1. The number of phenols is 1. The highest BCUT2D eigenvalue weighted by atomic mass is 16.6. The third-order valence-corrected chi connectivity index (χ3v) is 5.26. The van der Waals surface area contributed by atoms with E-state index in [2.05, 4.69) is 16.0 Å². The van der Waals surface area contributed by atoms with Crippen molar-refractivity contribution in [3.05, 3.63) is 59.7 Å². The van der Waals surface area contributed by atoms with E-state index in [9.17, 15) is 24.3 Å². The molecule has 2 aromatic carbocycles. The molecule has 41 heavy (non-hydrogen) atoms. The molecule has 0 spiro atoms. The Labute approximate surface area is 240 Å². The van der Waals surface area contributed by atoms with E-state index in [1.54, 1.807) is 65.8 Å². The Hall–Kier alpha value is -4.28. The highest BCUT2D eigenvalue weighted by Crippen LogP contribution is 2.25. The van der Waals surface area contributed by atoms with Gasteiger partial charge in [-0.3, -0.25) is 9.59 Å². The van der Waals surface area contributed by atoms with Gasteiger partial charge in [-0.2, -0.15) is 0 Å². The SMILES string of the molecule is CC(C)(C)OC(=O)CC[C@H](Cc1ccc(O)c(NC(=O)CNC(=O)OCc2ccccc2)c1)NC(=O)OC(C)(C)C. The second-order valence-corrected chi connectivity index (χ2v) is 11.5. The van der Waals surface area contributed by atoms with Crippen molar-refractivity contribution in [2.75, 3.05) is 11.9 Å². The Bertz CT molecular complexity index is 1190. The maximum atomic E-state index is 12.5. The van der Waals surface area contributed by atoms with Crippen molar-refractivity contribution in [3.63, 3.8) is 0 Å². The zero-order valence-corrected chi connectivity index (χ0v) is 24.5. The summed E-state index contributed by atoms with van der Waals surface area (Å²) in [5.74, 6) is -1.16. The van der Waals surface area contributed by atoms with Crippen LogP contribution in [0.3, 0.4) is 0 Å². The van der Waals surface area contributed by atoms with Crippen LogP contribution in [0.1, 0.15) is 65.5 Å². The summed E-state index contributed by atoms with van der Waals surface area (Å²) >= 11 is 0. The number of hydrogen-bond donors (Lipinski definition) is 4. The van der Waals surface area contributed by atoms with E-state index in [0.29, 0.717) is 5.56 Å². The van der Waals surface area contributed by atoms with Gasteiger partial charge in [-0.25, -0.2) is 9.59 Å². The number of hydrogen-bond acceptors (Lipinski definition) is 8. The maximum Gasteiger partial charge on any atom is 0.407 e. The minimum atomic E-state index is -0.761. The lowest BCUT2D eigenvalue weighted by Gasteiger charge is -2.24. The van der Waals surface area contributed by atoms with Crippen LogP contribution in [-0.2, 0) is 36.8 Å². The fraction of sp³-hybridized carbons (Fsp3) is 0.467. The molecule has 0 aliphatic carbocycles. The predicted octanol–water partition coefficient (Wildman–Crippen LogP) is 4.81. The summed E-state index contributed by atoms with van der Waals surface area (Å²) in [5.41, 5.74) is 0.244. The van der Waals surface area contributed by atoms with Crippen molar-refractivity contribution >= 4 is 29.8 Å². The number of amides is 3. The van der Waals surface area contributed by atoms with Gasteiger partial charge in [-0.15, -0.1) is 0 Å². The van der Waals surface area contributed by atoms with Crippen LogP contribution in [-0.4, -0.2) is 53.0 Å². The van der Waals surface area contributed by atoms with Crippen LogP contribution in [0, 0.1) is 0 Å². The Morgan fingerprint density at radius 1 is 0.854 bits per heavy atom. The van der Waals surface area contributed by atoms with Gasteiger partial charge in [-0.1, -0.05) is 36.4 Å². The van der Waals surface area contributed by atoms with E-state index in [1.165, 1.54) is 6.07 Å². The molecule has 0 aliphatic heterocycles. The van der Waals surface area contributed by atoms with Gasteiger partial charge in [0.2, 0.25) is 5.91 Å². The van der Waals surface area contributed by atoms with E-state index in [4.69, 9.17) is 14.2 Å². The van der Waals surface area contributed by atoms with E-state index in [1.807, 2.05) is 18.2 Å². The number of aromatic hydroxyl groups is 1. The molecule has 4 N–H and O–H groups in total. The average molecular weight is 572 g/mol. The van der Waals surface area contributed by atoms with Gasteiger partial charge in [-0.05, 0) is 77.6 Å². The monoisotopic (exact) mass is 571 g/mol. The number of benzene rings is 2. The predicted molar refractivity (Wildman–Crippen MR) is 153 cm³/mol. The van der Waals surface area contributed by atoms with Crippen LogP contribution in [0.2, 0.25) is 0 Å². The molecule has 2 aromatic rings. The number of carbonyl (C=O) groups excluding carboxylic acids is 4. The first kappa shape index (κ1) is 32.9. The number of ether oxygens (including phenoxy) is 3. The number of nitrogens with one attached hydrogen (secondary N) is 3. The molecule has 11 heteroatoms. The molecule has 1 atom stereocenters. The molecular weight excluding hydrogens is 530 g/mol. The first-order valence-electron chi connectivity index (χ1n) is 13.4. The fourth-order valence-electron chi connectivity index (χ4n) is 3.60. The van der Waals surface area contributed by atoms with Crippen LogP contribution in [0.15, 0.2) is 48.5 Å². The molecule has 224 valence electrons. The average Bonchev–Trinajstić information content (AvgIpc) is 2.85. The number of rotatable bonds is 11.